The van der Waals surface area contributed by atoms with Crippen LogP contribution in [0, 0.1) is 0 Å². The van der Waals surface area contributed by atoms with Gasteiger partial charge in [-0.1, -0.05) is 48.5 Å². The van der Waals surface area contributed by atoms with E-state index in [-0.39, 0.29) is 69.0 Å². The van der Waals surface area contributed by atoms with Gasteiger partial charge in [0.05, 0.1) is 18.4 Å². The largest absolute Gasteiger partial charge is 0.508 e. The molecule has 3 heterocycles. The van der Waals surface area contributed by atoms with Gasteiger partial charge < -0.3 is 85.3 Å². The molecule has 402 valence electrons. The van der Waals surface area contributed by atoms with Crippen LogP contribution < -0.4 is 14.2 Å². The minimum atomic E-state index is -1.92. The Morgan fingerprint density at radius 1 is 0.367 bits per heavy atom. The fourth-order valence-electron chi connectivity index (χ4n) is 13.4. The van der Waals surface area contributed by atoms with Crippen molar-refractivity contribution in [2.45, 2.75) is 78.4 Å². The molecule has 8 aromatic carbocycles. The summed E-state index contributed by atoms with van der Waals surface area (Å²) in [6, 6.07) is 37.4. The number of fused-ring (bicyclic) bond motifs is 4. The maximum absolute atomic E-state index is 12.7. The lowest BCUT2D eigenvalue weighted by atomic mass is 9.62. The van der Waals surface area contributed by atoms with Gasteiger partial charge in [0.25, 0.3) is 0 Å². The molecule has 0 bridgehead atoms. The van der Waals surface area contributed by atoms with Crippen molar-refractivity contribution in [1.82, 2.24) is 0 Å². The molecule has 0 amide bonds. The molecule has 0 saturated carbocycles. The molecule has 1 saturated heterocycles. The van der Waals surface area contributed by atoms with Gasteiger partial charge in [-0.2, -0.15) is 0 Å². The summed E-state index contributed by atoms with van der Waals surface area (Å²) in [5.41, 5.74) is 5.69. The fraction of sp³-hybridized carbons (Fsp3) is 0.226. The Kier molecular flexibility index (Phi) is 11.8. The van der Waals surface area contributed by atoms with Gasteiger partial charge in [0.15, 0.2) is 0 Å². The Morgan fingerprint density at radius 3 is 1.22 bits per heavy atom. The predicted octanol–water partition coefficient (Wildman–Crippen LogP) is 7.91. The number of benzene rings is 8. The standard InChI is InChI=1S/C62H52O17/c63-25-46-57(73)58(74)59(75)62(79-46)78-45-24-37(71)20-41-50(45)48(27-3-11-31(65)12-4-27)54(40-19-36(70)23-44-52(40)56(41)61(77-44)29-7-15-33(67)16-8-29)53-39-18-35(69)22-43-51(39)55(60(76-43)28-5-13-32(66)14-6-28)38-17-34(68)21-42(72)49(38)47(53)26-1-9-30(64)10-2-26/h1-24,46-48,53-75H,25H2/t46-,47-,48-,53-,54-,55-,56-,57-,58+,59-,60+,61+,62-/m1/s1. The van der Waals surface area contributed by atoms with Crippen LogP contribution in [-0.4, -0.2) is 104 Å². The molecule has 1 fully saturated rings. The molecule has 17 nitrogen and oxygen atoms in total. The predicted molar refractivity (Wildman–Crippen MR) is 281 cm³/mol. The van der Waals surface area contributed by atoms with E-state index in [2.05, 4.69) is 0 Å². The van der Waals surface area contributed by atoms with E-state index < -0.39 is 85.0 Å². The SMILES string of the molecule is OC[C@H]1O[C@@H](Oc2cc(O)cc3c2[C@@H](c2ccc(O)cc2)[C@H]([C@@H]2c4cc(O)cc5c4[C@@H](c4cc(O)cc(O)c4[C@H]2c2ccc(O)cc2)[C@H](c2ccc(O)cc2)O5)c2cc(O)cc4c2[C@@H]3[C@H](c2ccc(O)cc2)O4)[C@H](O)[C@@H](O)[C@@H]1O. The minimum Gasteiger partial charge on any atom is -0.508 e. The smallest absolute Gasteiger partial charge is 0.229 e. The van der Waals surface area contributed by atoms with Gasteiger partial charge in [-0.3, -0.25) is 0 Å². The summed E-state index contributed by atoms with van der Waals surface area (Å²) in [4.78, 5) is 0. The van der Waals surface area contributed by atoms with Crippen molar-refractivity contribution in [2.24, 2.45) is 0 Å². The van der Waals surface area contributed by atoms with Crippen LogP contribution >= 0.6 is 0 Å². The lowest BCUT2D eigenvalue weighted by Gasteiger charge is -2.42. The second-order valence-corrected chi connectivity index (χ2v) is 21.0. The van der Waals surface area contributed by atoms with Crippen LogP contribution in [0.2, 0.25) is 0 Å². The zero-order chi connectivity index (χ0) is 54.9. The van der Waals surface area contributed by atoms with E-state index in [0.29, 0.717) is 66.8 Å². The molecule has 13 N–H and O–H groups in total. The van der Waals surface area contributed by atoms with E-state index in [1.165, 1.54) is 72.8 Å². The molecule has 2 aliphatic carbocycles. The van der Waals surface area contributed by atoms with Gasteiger partial charge in [-0.05, 0) is 117 Å². The highest BCUT2D eigenvalue weighted by Gasteiger charge is 2.56. The fourth-order valence-corrected chi connectivity index (χ4v) is 13.4. The summed E-state index contributed by atoms with van der Waals surface area (Å²) >= 11 is 0. The quantitative estimate of drug-likeness (QED) is 0.0688. The topological polar surface area (TPSA) is 300 Å². The van der Waals surface area contributed by atoms with Crippen molar-refractivity contribution >= 4 is 0 Å². The molecule has 0 radical (unpaired) electrons. The maximum Gasteiger partial charge on any atom is 0.229 e. The third-order valence-electron chi connectivity index (χ3n) is 16.5. The van der Waals surface area contributed by atoms with E-state index in [1.807, 2.05) is 0 Å². The number of aliphatic hydroxyl groups excluding tert-OH is 4. The molecule has 13 rings (SSSR count). The first-order valence-electron chi connectivity index (χ1n) is 25.7. The maximum atomic E-state index is 12.7. The third-order valence-corrected chi connectivity index (χ3v) is 16.5. The van der Waals surface area contributed by atoms with Crippen LogP contribution in [0.5, 0.6) is 69.0 Å². The lowest BCUT2D eigenvalue weighted by molar-refractivity contribution is -0.277. The Bertz CT molecular complexity index is 3680. The number of hydrogen-bond donors (Lipinski definition) is 13. The van der Waals surface area contributed by atoms with Crippen molar-refractivity contribution in [2.75, 3.05) is 6.61 Å². The lowest BCUT2D eigenvalue weighted by Crippen LogP contribution is -2.60. The molecule has 79 heavy (non-hydrogen) atoms. The van der Waals surface area contributed by atoms with Crippen LogP contribution in [0.4, 0.5) is 0 Å². The molecule has 3 aliphatic heterocycles. The first-order valence-corrected chi connectivity index (χ1v) is 25.7. The van der Waals surface area contributed by atoms with Crippen molar-refractivity contribution in [3.05, 3.63) is 212 Å². The Hall–Kier alpha value is -8.84. The molecular formula is C62H52O17. The summed E-state index contributed by atoms with van der Waals surface area (Å²) in [6.07, 6.45) is -10.6. The molecule has 13 atom stereocenters. The van der Waals surface area contributed by atoms with Gasteiger partial charge in [-0.15, -0.1) is 0 Å². The highest BCUT2D eigenvalue weighted by atomic mass is 16.7. The average molecular weight is 1070 g/mol. The van der Waals surface area contributed by atoms with E-state index in [4.69, 9.17) is 18.9 Å². The summed E-state index contributed by atoms with van der Waals surface area (Å²) in [7, 11) is 0. The van der Waals surface area contributed by atoms with Crippen molar-refractivity contribution < 1.29 is 85.3 Å². The summed E-state index contributed by atoms with van der Waals surface area (Å²) < 4.78 is 26.6. The number of hydrogen-bond acceptors (Lipinski definition) is 17. The van der Waals surface area contributed by atoms with Crippen LogP contribution in [0.1, 0.15) is 114 Å². The first-order chi connectivity index (χ1) is 38.0. The second kappa shape index (κ2) is 18.7. The first kappa shape index (κ1) is 49.7. The Morgan fingerprint density at radius 2 is 0.759 bits per heavy atom. The van der Waals surface area contributed by atoms with Crippen LogP contribution in [0.25, 0.3) is 0 Å². The number of rotatable bonds is 8. The number of aromatic hydroxyl groups is 9. The van der Waals surface area contributed by atoms with Crippen molar-refractivity contribution in [3.8, 4) is 69.0 Å². The summed E-state index contributed by atoms with van der Waals surface area (Å²) in [6.45, 7) is -0.782. The molecule has 0 spiro atoms. The van der Waals surface area contributed by atoms with E-state index in [9.17, 15) is 66.4 Å². The highest BCUT2D eigenvalue weighted by molar-refractivity contribution is 5.71. The Balaban J connectivity index is 1.18. The molecule has 5 aliphatic rings. The van der Waals surface area contributed by atoms with Gasteiger partial charge in [0, 0.05) is 70.2 Å². The number of ether oxygens (including phenoxy) is 4. The van der Waals surface area contributed by atoms with Crippen molar-refractivity contribution in [3.63, 3.8) is 0 Å². The van der Waals surface area contributed by atoms with Gasteiger partial charge in [0.1, 0.15) is 106 Å². The normalized spacial score (nSPS) is 27.0. The summed E-state index contributed by atoms with van der Waals surface area (Å²) in [5, 5.41) is 148. The molecular weight excluding hydrogens is 1020 g/mol. The number of phenolic OH excluding ortho intramolecular Hbond substituents is 9. The van der Waals surface area contributed by atoms with Gasteiger partial charge >= 0.3 is 0 Å². The zero-order valence-electron chi connectivity index (χ0n) is 41.5. The van der Waals surface area contributed by atoms with E-state index in [0.717, 1.165) is 0 Å². The Labute approximate surface area is 450 Å². The highest BCUT2D eigenvalue weighted by Crippen LogP contribution is 2.69. The monoisotopic (exact) mass is 1070 g/mol. The van der Waals surface area contributed by atoms with E-state index >= 15 is 0 Å². The van der Waals surface area contributed by atoms with Crippen molar-refractivity contribution in [1.29, 1.82) is 0 Å². The van der Waals surface area contributed by atoms with Crippen LogP contribution in [0.15, 0.2) is 146 Å². The minimum absolute atomic E-state index is 0.00711. The zero-order valence-corrected chi connectivity index (χ0v) is 41.5. The number of phenols is 9. The number of aliphatic hydroxyl groups is 4. The second-order valence-electron chi connectivity index (χ2n) is 21.0. The van der Waals surface area contributed by atoms with Crippen LogP contribution in [-0.2, 0) is 4.74 Å². The summed E-state index contributed by atoms with van der Waals surface area (Å²) in [5.74, 6) is -7.24. The van der Waals surface area contributed by atoms with Crippen LogP contribution in [0.3, 0.4) is 0 Å². The molecule has 0 aromatic heterocycles. The molecule has 8 aromatic rings. The van der Waals surface area contributed by atoms with Gasteiger partial charge in [0.2, 0.25) is 6.29 Å². The average Bonchev–Trinajstić information content (AvgIpc) is 3.11. The van der Waals surface area contributed by atoms with Gasteiger partial charge in [-0.25, -0.2) is 0 Å². The molecule has 0 unspecified atom stereocenters. The molecule has 17 heteroatoms. The van der Waals surface area contributed by atoms with E-state index in [1.54, 1.807) is 72.8 Å². The third kappa shape index (κ3) is 8.02.